The summed E-state index contributed by atoms with van der Waals surface area (Å²) in [5, 5.41) is 8.81. The van der Waals surface area contributed by atoms with Gasteiger partial charge in [0.25, 0.3) is 0 Å². The average molecular weight is 774 g/mol. The molecule has 57 heavy (non-hydrogen) atoms. The molecule has 0 aliphatic carbocycles. The van der Waals surface area contributed by atoms with Crippen LogP contribution in [-0.2, 0) is 55.2 Å². The first-order chi connectivity index (χ1) is 26.7. The van der Waals surface area contributed by atoms with Gasteiger partial charge in [0.2, 0.25) is 11.8 Å². The molecule has 9 heteroatoms. The van der Waals surface area contributed by atoms with Crippen molar-refractivity contribution in [2.45, 2.75) is 89.4 Å². The summed E-state index contributed by atoms with van der Waals surface area (Å²) in [5.74, 6) is -1.16. The molecule has 4 atom stereocenters. The number of rotatable bonds is 12. The molecule has 1 fully saturated rings. The van der Waals surface area contributed by atoms with Crippen LogP contribution in [0.5, 0.6) is 0 Å². The molecule has 0 unspecified atom stereocenters. The van der Waals surface area contributed by atoms with Gasteiger partial charge in [-0.3, -0.25) is 33.7 Å². The van der Waals surface area contributed by atoms with Gasteiger partial charge in [-0.05, 0) is 70.7 Å². The Balaban J connectivity index is 0.000000263. The molecule has 0 radical (unpaired) electrons. The van der Waals surface area contributed by atoms with Crippen molar-refractivity contribution in [1.82, 2.24) is 4.90 Å². The number of Topliss-reactive ketones (excluding diaryl/α,β-unsaturated/α-hetero) is 3. The highest BCUT2D eigenvalue weighted by atomic mass is 16.4. The van der Waals surface area contributed by atoms with E-state index in [2.05, 4.69) is 6.58 Å². The number of amides is 2. The summed E-state index contributed by atoms with van der Waals surface area (Å²) < 4.78 is 0. The number of aldehydes is 1. The molecule has 4 aromatic carbocycles. The van der Waals surface area contributed by atoms with E-state index in [4.69, 9.17) is 5.11 Å². The predicted molar refractivity (Wildman–Crippen MR) is 223 cm³/mol. The van der Waals surface area contributed by atoms with E-state index in [1.54, 1.807) is 58.2 Å². The second-order valence-corrected chi connectivity index (χ2v) is 14.9. The van der Waals surface area contributed by atoms with E-state index in [1.165, 1.54) is 18.7 Å². The second kappa shape index (κ2) is 20.7. The van der Waals surface area contributed by atoms with Crippen LogP contribution in [0.1, 0.15) is 90.0 Å². The van der Waals surface area contributed by atoms with Crippen LogP contribution in [0, 0.1) is 0 Å². The van der Waals surface area contributed by atoms with Crippen LogP contribution in [0.4, 0.5) is 0 Å². The molecule has 4 aromatic rings. The first-order valence-corrected chi connectivity index (χ1v) is 18.6. The van der Waals surface area contributed by atoms with Crippen LogP contribution in [0.3, 0.4) is 0 Å². The average Bonchev–Trinajstić information content (AvgIpc) is 3.41. The minimum atomic E-state index is -0.962. The number of carboxylic acids is 1. The lowest BCUT2D eigenvalue weighted by Gasteiger charge is -2.25. The van der Waals surface area contributed by atoms with Crippen LogP contribution in [0.2, 0.25) is 0 Å². The fourth-order valence-corrected chi connectivity index (χ4v) is 6.24. The Labute approximate surface area is 336 Å². The van der Waals surface area contributed by atoms with Gasteiger partial charge >= 0.3 is 5.97 Å². The maximum atomic E-state index is 11.9. The molecule has 9 nitrogen and oxygen atoms in total. The number of carbonyl (C=O) groups is 7. The minimum Gasteiger partial charge on any atom is -0.481 e. The summed E-state index contributed by atoms with van der Waals surface area (Å²) in [5.41, 5.74) is 0.759. The number of likely N-dealkylation sites (N-methyl/N-ethyl adjacent to an activating group) is 1. The van der Waals surface area contributed by atoms with Gasteiger partial charge in [0.15, 0.2) is 0 Å². The number of carboxylic acid groups (broad SMARTS) is 1. The summed E-state index contributed by atoms with van der Waals surface area (Å²) >= 11 is 0. The third-order valence-corrected chi connectivity index (χ3v) is 11.0. The van der Waals surface area contributed by atoms with Crippen molar-refractivity contribution in [2.24, 2.45) is 0 Å². The van der Waals surface area contributed by atoms with Gasteiger partial charge in [-0.25, -0.2) is 0 Å². The number of aliphatic carboxylic acids is 1. The molecule has 0 spiro atoms. The molecule has 2 amide bonds. The fraction of sp³-hybridized carbons (Fsp3) is 0.312. The summed E-state index contributed by atoms with van der Waals surface area (Å²) in [6.07, 6.45) is 2.84. The first-order valence-electron chi connectivity index (χ1n) is 18.6. The fourth-order valence-electron chi connectivity index (χ4n) is 6.24. The molecular weight excluding hydrogens is 719 g/mol. The zero-order chi connectivity index (χ0) is 43.0. The summed E-state index contributed by atoms with van der Waals surface area (Å²) in [7, 11) is 1.54. The molecule has 0 saturated carbocycles. The molecule has 1 aliphatic heterocycles. The molecule has 0 bridgehead atoms. The molecule has 1 aliphatic rings. The van der Waals surface area contributed by atoms with Crippen molar-refractivity contribution < 1.29 is 38.7 Å². The van der Waals surface area contributed by atoms with Crippen molar-refractivity contribution in [1.29, 1.82) is 0 Å². The Morgan fingerprint density at radius 2 is 1.07 bits per heavy atom. The lowest BCUT2D eigenvalue weighted by Crippen LogP contribution is -2.33. The number of hydrogen-bond donors (Lipinski definition) is 1. The molecule has 1 saturated heterocycles. The Morgan fingerprint density at radius 1 is 0.684 bits per heavy atom. The van der Waals surface area contributed by atoms with Crippen LogP contribution < -0.4 is 0 Å². The predicted octanol–water partition coefficient (Wildman–Crippen LogP) is 8.18. The van der Waals surface area contributed by atoms with Crippen LogP contribution >= 0.6 is 0 Å². The maximum absolute atomic E-state index is 11.9. The van der Waals surface area contributed by atoms with Gasteiger partial charge in [0.1, 0.15) is 23.6 Å². The van der Waals surface area contributed by atoms with Gasteiger partial charge < -0.3 is 9.90 Å². The Kier molecular flexibility index (Phi) is 17.1. The van der Waals surface area contributed by atoms with E-state index in [0.717, 1.165) is 28.5 Å². The number of nitrogens with zero attached hydrogens (tertiary/aromatic N) is 1. The van der Waals surface area contributed by atoms with Crippen molar-refractivity contribution in [3.8, 4) is 0 Å². The lowest BCUT2D eigenvalue weighted by atomic mass is 9.76. The van der Waals surface area contributed by atoms with Gasteiger partial charge in [-0.15, -0.1) is 6.58 Å². The number of imide groups is 1. The summed E-state index contributed by atoms with van der Waals surface area (Å²) in [6.45, 7) is 15.4. The highest BCUT2D eigenvalue weighted by Crippen LogP contribution is 2.35. The van der Waals surface area contributed by atoms with E-state index < -0.39 is 27.6 Å². The molecule has 300 valence electrons. The minimum absolute atomic E-state index is 0.0239. The van der Waals surface area contributed by atoms with E-state index >= 15 is 0 Å². The first kappa shape index (κ1) is 47.1. The summed E-state index contributed by atoms with van der Waals surface area (Å²) in [4.78, 5) is 80.4. The third kappa shape index (κ3) is 11.7. The van der Waals surface area contributed by atoms with Crippen molar-refractivity contribution >= 4 is 41.4 Å². The zero-order valence-corrected chi connectivity index (χ0v) is 34.3. The molecule has 5 rings (SSSR count). The molecule has 0 aromatic heterocycles. The van der Waals surface area contributed by atoms with Crippen molar-refractivity contribution in [2.75, 3.05) is 7.05 Å². The normalized spacial score (nSPS) is 17.5. The number of allylic oxidation sites excluding steroid dienone is 1. The molecular formula is C48H55NO8. The monoisotopic (exact) mass is 773 g/mol. The number of likely N-dealkylation sites (tertiary alicyclic amines) is 1. The Morgan fingerprint density at radius 3 is 1.39 bits per heavy atom. The van der Waals surface area contributed by atoms with E-state index in [-0.39, 0.29) is 48.4 Å². The largest absolute Gasteiger partial charge is 0.481 e. The number of benzene rings is 4. The van der Waals surface area contributed by atoms with Gasteiger partial charge in [0, 0.05) is 19.9 Å². The van der Waals surface area contributed by atoms with Gasteiger partial charge in [-0.1, -0.05) is 127 Å². The van der Waals surface area contributed by atoms with Crippen LogP contribution in [0.15, 0.2) is 134 Å². The smallest absolute Gasteiger partial charge is 0.304 e. The standard InChI is InChI=1S/C12H13NO2.C12H14O3.C12H14O2.C12H14O/c1-12(9-6-4-3-5-7-9)8-10(14)13(2)11(12)15;1-9(13)12(2,8-11(14)15)10-6-4-3-5-7-10;1-10(14)12(2,8-9-13)11-6-4-3-5-7-11;1-4-12(3,10(2)13)11-8-6-5-7-9-11/h3-7H,8H2,1-2H3;3-7H,8H2,1-2H3,(H,14,15);3-7,9H,8H2,1-2H3;4-9H,1H2,2-3H3/t4*12-/m0111/s1. The lowest BCUT2D eigenvalue weighted by molar-refractivity contribution is -0.141. The van der Waals surface area contributed by atoms with E-state index in [9.17, 15) is 33.6 Å². The number of ketones is 3. The SMILES string of the molecule is C=C[C@](C)(C(C)=O)c1ccccc1.CC(=O)[C@@](C)(CC(=O)O)c1ccccc1.CC(=O)[C@@](C)(CC=O)c1ccccc1.CN1C(=O)C[C@@](C)(c2ccccc2)C1=O. The highest BCUT2D eigenvalue weighted by molar-refractivity contribution is 6.08. The number of hydrogen-bond acceptors (Lipinski definition) is 7. The van der Waals surface area contributed by atoms with Gasteiger partial charge in [0.05, 0.1) is 28.1 Å². The topological polar surface area (TPSA) is 143 Å². The van der Waals surface area contributed by atoms with E-state index in [1.807, 2.05) is 111 Å². The van der Waals surface area contributed by atoms with E-state index in [0.29, 0.717) is 0 Å². The van der Waals surface area contributed by atoms with Crippen LogP contribution in [0.25, 0.3) is 0 Å². The van der Waals surface area contributed by atoms with Crippen LogP contribution in [-0.4, -0.2) is 58.5 Å². The Hall–Kier alpha value is -6.09. The highest BCUT2D eigenvalue weighted by Gasteiger charge is 2.47. The number of carbonyl (C=O) groups excluding carboxylic acids is 6. The van der Waals surface area contributed by atoms with Gasteiger partial charge in [-0.2, -0.15) is 0 Å². The quantitative estimate of drug-likeness (QED) is 0.0863. The second-order valence-electron chi connectivity index (χ2n) is 14.9. The molecule has 1 heterocycles. The van der Waals surface area contributed by atoms with Crippen molar-refractivity contribution in [3.05, 3.63) is 156 Å². The maximum Gasteiger partial charge on any atom is 0.304 e. The Bertz CT molecular complexity index is 1970. The molecule has 1 N–H and O–H groups in total. The third-order valence-electron chi connectivity index (χ3n) is 11.0. The summed E-state index contributed by atoms with van der Waals surface area (Å²) in [6, 6.07) is 37.6. The zero-order valence-electron chi connectivity index (χ0n) is 34.3. The van der Waals surface area contributed by atoms with Crippen molar-refractivity contribution in [3.63, 3.8) is 0 Å².